The molecule has 1 saturated carbocycles. The highest BCUT2D eigenvalue weighted by Crippen LogP contribution is 2.27. The summed E-state index contributed by atoms with van der Waals surface area (Å²) in [6, 6.07) is 0.204. The Morgan fingerprint density at radius 1 is 1.35 bits per heavy atom. The zero-order valence-corrected chi connectivity index (χ0v) is 10.5. The lowest BCUT2D eigenvalue weighted by Crippen LogP contribution is -2.44. The summed E-state index contributed by atoms with van der Waals surface area (Å²) < 4.78 is 0. The third-order valence-electron chi connectivity index (χ3n) is 4.13. The van der Waals surface area contributed by atoms with Gasteiger partial charge < -0.3 is 11.1 Å². The molecule has 1 amide bonds. The third-order valence-corrected chi connectivity index (χ3v) is 4.13. The summed E-state index contributed by atoms with van der Waals surface area (Å²) in [5, 5.41) is 3.14. The normalized spacial score (nSPS) is 26.3. The van der Waals surface area contributed by atoms with Crippen molar-refractivity contribution in [2.45, 2.75) is 51.0 Å². The number of rotatable bonds is 5. The number of amides is 1. The molecule has 3 nitrogen and oxygen atoms in total. The van der Waals surface area contributed by atoms with Crippen LogP contribution in [-0.4, -0.2) is 18.5 Å². The van der Waals surface area contributed by atoms with Crippen LogP contribution in [0.4, 0.5) is 0 Å². The van der Waals surface area contributed by atoms with E-state index in [1.165, 1.54) is 25.7 Å². The standard InChI is InChI=1S/C14H24N2O/c15-10-13(12-7-3-4-8-12)16-14(17)9-11-5-1-2-6-11/h1,5,11-13H,2-4,6-10,15H2,(H,16,17). The second-order valence-electron chi connectivity index (χ2n) is 5.42. The SMILES string of the molecule is NCC(NC(=O)CC1C=CCC1)C1CCCC1. The summed E-state index contributed by atoms with van der Waals surface area (Å²) in [5.41, 5.74) is 5.78. The minimum atomic E-state index is 0.184. The molecule has 3 heteroatoms. The van der Waals surface area contributed by atoms with Gasteiger partial charge in [0.2, 0.25) is 5.91 Å². The molecule has 2 rings (SSSR count). The molecule has 0 aliphatic heterocycles. The zero-order chi connectivity index (χ0) is 12.1. The van der Waals surface area contributed by atoms with Gasteiger partial charge in [0.25, 0.3) is 0 Å². The molecule has 2 unspecified atom stereocenters. The Kier molecular flexibility index (Phi) is 4.60. The Bertz CT molecular complexity index is 282. The molecule has 0 aromatic heterocycles. The van der Waals surface area contributed by atoms with Gasteiger partial charge in [-0.3, -0.25) is 4.79 Å². The second kappa shape index (κ2) is 6.20. The number of hydrogen-bond acceptors (Lipinski definition) is 2. The average Bonchev–Trinajstić information content (AvgIpc) is 2.97. The monoisotopic (exact) mass is 236 g/mol. The maximum atomic E-state index is 11.9. The Labute approximate surface area is 104 Å². The maximum Gasteiger partial charge on any atom is 0.220 e. The maximum absolute atomic E-state index is 11.9. The van der Waals surface area contributed by atoms with E-state index in [4.69, 9.17) is 5.73 Å². The van der Waals surface area contributed by atoms with Crippen LogP contribution in [0.3, 0.4) is 0 Å². The summed E-state index contributed by atoms with van der Waals surface area (Å²) in [6.45, 7) is 0.580. The molecule has 2 aliphatic rings. The predicted molar refractivity (Wildman–Crippen MR) is 69.4 cm³/mol. The van der Waals surface area contributed by atoms with Gasteiger partial charge in [0.1, 0.15) is 0 Å². The molecule has 0 spiro atoms. The van der Waals surface area contributed by atoms with E-state index in [0.29, 0.717) is 24.8 Å². The van der Waals surface area contributed by atoms with Crippen LogP contribution in [0.5, 0.6) is 0 Å². The molecule has 1 fully saturated rings. The fraction of sp³-hybridized carbons (Fsp3) is 0.786. The minimum absolute atomic E-state index is 0.184. The van der Waals surface area contributed by atoms with E-state index in [0.717, 1.165) is 12.8 Å². The molecular formula is C14H24N2O. The van der Waals surface area contributed by atoms with Crippen molar-refractivity contribution < 1.29 is 4.79 Å². The summed E-state index contributed by atoms with van der Waals surface area (Å²) >= 11 is 0. The van der Waals surface area contributed by atoms with Gasteiger partial charge in [0.05, 0.1) is 0 Å². The summed E-state index contributed by atoms with van der Waals surface area (Å²) in [4.78, 5) is 11.9. The second-order valence-corrected chi connectivity index (χ2v) is 5.42. The molecule has 0 radical (unpaired) electrons. The van der Waals surface area contributed by atoms with Gasteiger partial charge in [-0.25, -0.2) is 0 Å². The topological polar surface area (TPSA) is 55.1 Å². The first-order valence-corrected chi connectivity index (χ1v) is 6.95. The van der Waals surface area contributed by atoms with Crippen LogP contribution in [-0.2, 0) is 4.79 Å². The Morgan fingerprint density at radius 2 is 2.12 bits per heavy atom. The average molecular weight is 236 g/mol. The van der Waals surface area contributed by atoms with Crippen LogP contribution in [0.25, 0.3) is 0 Å². The van der Waals surface area contributed by atoms with Gasteiger partial charge in [0.15, 0.2) is 0 Å². The Morgan fingerprint density at radius 3 is 2.71 bits per heavy atom. The molecule has 0 aromatic rings. The van der Waals surface area contributed by atoms with Crippen molar-refractivity contribution in [2.24, 2.45) is 17.6 Å². The quantitative estimate of drug-likeness (QED) is 0.717. The summed E-state index contributed by atoms with van der Waals surface area (Å²) in [5.74, 6) is 1.25. The first-order chi connectivity index (χ1) is 8.29. The van der Waals surface area contributed by atoms with Crippen molar-refractivity contribution in [2.75, 3.05) is 6.54 Å². The number of hydrogen-bond donors (Lipinski definition) is 2. The van der Waals surface area contributed by atoms with Crippen LogP contribution in [0.15, 0.2) is 12.2 Å². The van der Waals surface area contributed by atoms with E-state index >= 15 is 0 Å². The number of nitrogens with one attached hydrogen (secondary N) is 1. The van der Waals surface area contributed by atoms with Crippen LogP contribution < -0.4 is 11.1 Å². The van der Waals surface area contributed by atoms with Crippen molar-refractivity contribution in [3.05, 3.63) is 12.2 Å². The molecule has 3 N–H and O–H groups in total. The van der Waals surface area contributed by atoms with E-state index in [9.17, 15) is 4.79 Å². The number of carbonyl (C=O) groups excluding carboxylic acids is 1. The van der Waals surface area contributed by atoms with Crippen molar-refractivity contribution in [1.29, 1.82) is 0 Å². The zero-order valence-electron chi connectivity index (χ0n) is 10.5. The van der Waals surface area contributed by atoms with E-state index in [1.54, 1.807) is 0 Å². The van der Waals surface area contributed by atoms with Crippen molar-refractivity contribution in [1.82, 2.24) is 5.32 Å². The van der Waals surface area contributed by atoms with Gasteiger partial charge in [0, 0.05) is 19.0 Å². The summed E-state index contributed by atoms with van der Waals surface area (Å²) in [6.07, 6.45) is 12.3. The highest BCUT2D eigenvalue weighted by Gasteiger charge is 2.25. The number of allylic oxidation sites excluding steroid dienone is 2. The van der Waals surface area contributed by atoms with Crippen molar-refractivity contribution in [3.63, 3.8) is 0 Å². The van der Waals surface area contributed by atoms with Crippen molar-refractivity contribution in [3.8, 4) is 0 Å². The lowest BCUT2D eigenvalue weighted by Gasteiger charge is -2.23. The summed E-state index contributed by atoms with van der Waals surface area (Å²) in [7, 11) is 0. The van der Waals surface area contributed by atoms with E-state index in [2.05, 4.69) is 17.5 Å². The van der Waals surface area contributed by atoms with Gasteiger partial charge in [-0.2, -0.15) is 0 Å². The molecule has 0 saturated heterocycles. The molecule has 0 bridgehead atoms. The van der Waals surface area contributed by atoms with Crippen LogP contribution in [0.2, 0.25) is 0 Å². The highest BCUT2D eigenvalue weighted by molar-refractivity contribution is 5.76. The third kappa shape index (κ3) is 3.56. The largest absolute Gasteiger partial charge is 0.352 e. The first kappa shape index (κ1) is 12.6. The van der Waals surface area contributed by atoms with Gasteiger partial charge in [-0.05, 0) is 37.5 Å². The van der Waals surface area contributed by atoms with Crippen LogP contribution in [0, 0.1) is 11.8 Å². The highest BCUT2D eigenvalue weighted by atomic mass is 16.1. The molecule has 0 heterocycles. The smallest absolute Gasteiger partial charge is 0.220 e. The minimum Gasteiger partial charge on any atom is -0.352 e. The first-order valence-electron chi connectivity index (χ1n) is 6.95. The van der Waals surface area contributed by atoms with Gasteiger partial charge in [-0.15, -0.1) is 0 Å². The molecule has 2 aliphatic carbocycles. The number of carbonyl (C=O) groups is 1. The van der Waals surface area contributed by atoms with Gasteiger partial charge in [-0.1, -0.05) is 25.0 Å². The lowest BCUT2D eigenvalue weighted by molar-refractivity contribution is -0.122. The van der Waals surface area contributed by atoms with Gasteiger partial charge >= 0.3 is 0 Å². The fourth-order valence-electron chi connectivity index (χ4n) is 3.10. The predicted octanol–water partition coefficient (Wildman–Crippen LogP) is 1.98. The van der Waals surface area contributed by atoms with E-state index in [-0.39, 0.29) is 11.9 Å². The molecule has 96 valence electrons. The lowest BCUT2D eigenvalue weighted by atomic mass is 9.97. The number of nitrogens with two attached hydrogens (primary N) is 1. The molecule has 17 heavy (non-hydrogen) atoms. The van der Waals surface area contributed by atoms with E-state index in [1.807, 2.05) is 0 Å². The van der Waals surface area contributed by atoms with Crippen molar-refractivity contribution >= 4 is 5.91 Å². The Hall–Kier alpha value is -0.830. The fourth-order valence-corrected chi connectivity index (χ4v) is 3.10. The Balaban J connectivity index is 1.76. The van der Waals surface area contributed by atoms with E-state index < -0.39 is 0 Å². The van der Waals surface area contributed by atoms with Crippen LogP contribution in [0.1, 0.15) is 44.9 Å². The molecular weight excluding hydrogens is 212 g/mol. The molecule has 0 aromatic carbocycles. The van der Waals surface area contributed by atoms with Crippen LogP contribution >= 0.6 is 0 Å². The molecule has 2 atom stereocenters.